The average Bonchev–Trinajstić information content (AvgIpc) is 3.00. The van der Waals surface area contributed by atoms with Gasteiger partial charge in [-0.05, 0) is 42.0 Å². The van der Waals surface area contributed by atoms with Crippen LogP contribution >= 0.6 is 12.2 Å². The Kier molecular flexibility index (Phi) is 4.84. The van der Waals surface area contributed by atoms with Crippen molar-refractivity contribution in [1.29, 1.82) is 0 Å². The van der Waals surface area contributed by atoms with Crippen LogP contribution in [0.4, 0.5) is 0 Å². The molecule has 1 heterocycles. The van der Waals surface area contributed by atoms with E-state index in [0.717, 1.165) is 16.9 Å². The van der Waals surface area contributed by atoms with Gasteiger partial charge in [-0.2, -0.15) is 14.9 Å². The van der Waals surface area contributed by atoms with Crippen molar-refractivity contribution in [2.24, 2.45) is 5.10 Å². The molecule has 0 spiro atoms. The predicted molar refractivity (Wildman–Crippen MR) is 96.6 cm³/mol. The first-order chi connectivity index (χ1) is 11.8. The molecule has 2 aromatic carbocycles. The van der Waals surface area contributed by atoms with Gasteiger partial charge in [-0.25, -0.2) is 5.10 Å². The highest BCUT2D eigenvalue weighted by Gasteiger charge is 2.06. The number of benzene rings is 2. The number of hydrogen-bond acceptors (Lipinski definition) is 4. The largest absolute Gasteiger partial charge is 0.481 e. The number of hydrogen-bond donors (Lipinski definition) is 1. The van der Waals surface area contributed by atoms with Crippen molar-refractivity contribution in [1.82, 2.24) is 14.9 Å². The van der Waals surface area contributed by atoms with Crippen molar-refractivity contribution in [2.45, 2.75) is 0 Å². The maximum Gasteiger partial charge on any atom is 0.216 e. The van der Waals surface area contributed by atoms with E-state index in [9.17, 15) is 0 Å². The van der Waals surface area contributed by atoms with Gasteiger partial charge in [0.2, 0.25) is 4.77 Å². The third-order valence-corrected chi connectivity index (χ3v) is 3.47. The third kappa shape index (κ3) is 3.59. The van der Waals surface area contributed by atoms with Crippen molar-refractivity contribution in [3.63, 3.8) is 0 Å². The van der Waals surface area contributed by atoms with Crippen LogP contribution in [0.2, 0.25) is 0 Å². The van der Waals surface area contributed by atoms with E-state index in [0.29, 0.717) is 10.6 Å². The number of rotatable bonds is 5. The second-order valence-electron chi connectivity index (χ2n) is 4.84. The minimum atomic E-state index is 0.248. The molecule has 3 rings (SSSR count). The van der Waals surface area contributed by atoms with Crippen molar-refractivity contribution in [2.75, 3.05) is 6.61 Å². The number of nitrogens with one attached hydrogen (secondary N) is 1. The van der Waals surface area contributed by atoms with Gasteiger partial charge in [0, 0.05) is 5.56 Å². The molecule has 0 aliphatic rings. The summed E-state index contributed by atoms with van der Waals surface area (Å²) in [6.45, 7) is 0.248. The maximum atomic E-state index is 5.34. The second-order valence-corrected chi connectivity index (χ2v) is 5.22. The van der Waals surface area contributed by atoms with E-state index in [2.05, 4.69) is 21.2 Å². The Bertz CT molecular complexity index is 934. The molecule has 0 bridgehead atoms. The molecule has 1 aromatic heterocycles. The smallest absolute Gasteiger partial charge is 0.216 e. The van der Waals surface area contributed by atoms with Gasteiger partial charge < -0.3 is 4.74 Å². The summed E-state index contributed by atoms with van der Waals surface area (Å²) in [6, 6.07) is 17.2. The zero-order chi connectivity index (χ0) is 16.8. The summed E-state index contributed by atoms with van der Waals surface area (Å²) in [5.41, 5.74) is 1.84. The lowest BCUT2D eigenvalue weighted by Crippen LogP contribution is -1.96. The van der Waals surface area contributed by atoms with E-state index in [-0.39, 0.29) is 6.61 Å². The quantitative estimate of drug-likeness (QED) is 0.441. The zero-order valence-corrected chi connectivity index (χ0v) is 13.5. The lowest BCUT2D eigenvalue weighted by atomic mass is 10.2. The van der Waals surface area contributed by atoms with Gasteiger partial charge in [0.05, 0.1) is 6.21 Å². The summed E-state index contributed by atoms with van der Waals surface area (Å²) < 4.78 is 7.36. The topological polar surface area (TPSA) is 55.2 Å². The molecule has 1 N–H and O–H groups in total. The van der Waals surface area contributed by atoms with Gasteiger partial charge in [-0.15, -0.1) is 6.42 Å². The molecule has 5 nitrogen and oxygen atoms in total. The summed E-state index contributed by atoms with van der Waals surface area (Å²) in [4.78, 5) is 0. The normalized spacial score (nSPS) is 10.6. The van der Waals surface area contributed by atoms with E-state index in [1.165, 1.54) is 0 Å². The summed E-state index contributed by atoms with van der Waals surface area (Å²) in [6.07, 6.45) is 6.88. The lowest BCUT2D eigenvalue weighted by Gasteiger charge is -2.02. The monoisotopic (exact) mass is 334 g/mol. The Morgan fingerprint density at radius 2 is 1.96 bits per heavy atom. The third-order valence-electron chi connectivity index (χ3n) is 3.21. The maximum absolute atomic E-state index is 5.34. The van der Waals surface area contributed by atoms with Crippen LogP contribution in [0.1, 0.15) is 5.56 Å². The molecule has 0 atom stereocenters. The molecule has 0 unspecified atom stereocenters. The molecule has 118 valence electrons. The lowest BCUT2D eigenvalue weighted by molar-refractivity contribution is 0.370. The van der Waals surface area contributed by atoms with E-state index >= 15 is 0 Å². The summed E-state index contributed by atoms with van der Waals surface area (Å²) in [5.74, 6) is 3.80. The first kappa shape index (κ1) is 15.7. The molecule has 0 fully saturated rings. The fourth-order valence-corrected chi connectivity index (χ4v) is 2.25. The Balaban J connectivity index is 1.84. The van der Waals surface area contributed by atoms with Gasteiger partial charge in [0.15, 0.2) is 5.82 Å². The number of ether oxygens (including phenoxy) is 1. The standard InChI is InChI=1S/C18H14N4OS/c1-2-12-23-16-10-8-14(9-11-16)13-19-22-17(20-21-18(22)24)15-6-4-3-5-7-15/h1,3-11,13H,12H2,(H,21,24). The Hall–Kier alpha value is -3.17. The second kappa shape index (κ2) is 7.40. The van der Waals surface area contributed by atoms with E-state index in [1.807, 2.05) is 54.6 Å². The molecule has 0 amide bonds. The Morgan fingerprint density at radius 1 is 1.21 bits per heavy atom. The van der Waals surface area contributed by atoms with E-state index in [1.54, 1.807) is 10.9 Å². The molecule has 6 heteroatoms. The van der Waals surface area contributed by atoms with Crippen LogP contribution in [0, 0.1) is 17.1 Å². The van der Waals surface area contributed by atoms with Gasteiger partial charge in [-0.1, -0.05) is 36.3 Å². The number of H-pyrrole nitrogens is 1. The fourth-order valence-electron chi connectivity index (χ4n) is 2.07. The Labute approximate surface area is 144 Å². The van der Waals surface area contributed by atoms with Crippen LogP contribution in [0.25, 0.3) is 11.4 Å². The number of aromatic amines is 1. The highest BCUT2D eigenvalue weighted by molar-refractivity contribution is 7.71. The predicted octanol–water partition coefficient (Wildman–Crippen LogP) is 3.50. The molecule has 0 radical (unpaired) electrons. The molecular weight excluding hydrogens is 320 g/mol. The van der Waals surface area contributed by atoms with Crippen LogP contribution in [0.5, 0.6) is 5.75 Å². The summed E-state index contributed by atoms with van der Waals surface area (Å²) >= 11 is 5.25. The highest BCUT2D eigenvalue weighted by atomic mass is 32.1. The van der Waals surface area contributed by atoms with Crippen LogP contribution in [-0.2, 0) is 0 Å². The average molecular weight is 334 g/mol. The minimum Gasteiger partial charge on any atom is -0.481 e. The number of terminal acetylenes is 1. The minimum absolute atomic E-state index is 0.248. The van der Waals surface area contributed by atoms with Gasteiger partial charge >= 0.3 is 0 Å². The van der Waals surface area contributed by atoms with Crippen LogP contribution in [0.15, 0.2) is 59.7 Å². The van der Waals surface area contributed by atoms with Crippen LogP contribution in [-0.4, -0.2) is 27.7 Å². The highest BCUT2D eigenvalue weighted by Crippen LogP contribution is 2.16. The van der Waals surface area contributed by atoms with E-state index < -0.39 is 0 Å². The number of aromatic nitrogens is 3. The van der Waals surface area contributed by atoms with Gasteiger partial charge in [0.1, 0.15) is 12.4 Å². The molecule has 0 aliphatic carbocycles. The van der Waals surface area contributed by atoms with Gasteiger partial charge in [0.25, 0.3) is 0 Å². The molecule has 0 aliphatic heterocycles. The van der Waals surface area contributed by atoms with Crippen LogP contribution < -0.4 is 4.74 Å². The molecule has 3 aromatic rings. The molecule has 24 heavy (non-hydrogen) atoms. The first-order valence-corrected chi connectivity index (χ1v) is 7.62. The SMILES string of the molecule is C#CCOc1ccc(C=Nn2c(-c3ccccc3)n[nH]c2=S)cc1. The van der Waals surface area contributed by atoms with Crippen LogP contribution in [0.3, 0.4) is 0 Å². The first-order valence-electron chi connectivity index (χ1n) is 7.21. The molecular formula is C18H14N4OS. The fraction of sp³-hybridized carbons (Fsp3) is 0.0556. The van der Waals surface area contributed by atoms with Crippen molar-refractivity contribution in [3.8, 4) is 29.5 Å². The van der Waals surface area contributed by atoms with Crippen molar-refractivity contribution >= 4 is 18.4 Å². The van der Waals surface area contributed by atoms with Crippen molar-refractivity contribution < 1.29 is 4.74 Å². The van der Waals surface area contributed by atoms with Gasteiger partial charge in [-0.3, -0.25) is 0 Å². The molecule has 0 saturated heterocycles. The zero-order valence-electron chi connectivity index (χ0n) is 12.7. The van der Waals surface area contributed by atoms with Crippen molar-refractivity contribution in [3.05, 3.63) is 64.9 Å². The Morgan fingerprint density at radius 3 is 2.67 bits per heavy atom. The summed E-state index contributed by atoms with van der Waals surface area (Å²) in [5, 5.41) is 11.4. The van der Waals surface area contributed by atoms with E-state index in [4.69, 9.17) is 23.4 Å². The molecule has 0 saturated carbocycles. The summed E-state index contributed by atoms with van der Waals surface area (Å²) in [7, 11) is 0. The number of nitrogens with zero attached hydrogens (tertiary/aromatic N) is 3.